The lowest BCUT2D eigenvalue weighted by Gasteiger charge is -2.38. The molecule has 0 spiro atoms. The van der Waals surface area contributed by atoms with E-state index in [1.807, 2.05) is 11.0 Å². The van der Waals surface area contributed by atoms with Gasteiger partial charge >= 0.3 is 0 Å². The molecule has 0 unspecified atom stereocenters. The SMILES string of the molecule is O=S1(=O)N=C(N(CCO)C2CCC2)c2ccccc21. The number of sulfonamides is 1. The fourth-order valence-corrected chi connectivity index (χ4v) is 3.78. The minimum absolute atomic E-state index is 0.00225. The number of aliphatic hydroxyl groups excluding tert-OH is 1. The zero-order chi connectivity index (χ0) is 13.5. The molecule has 5 nitrogen and oxygen atoms in total. The lowest BCUT2D eigenvalue weighted by Crippen LogP contribution is -2.45. The van der Waals surface area contributed by atoms with Gasteiger partial charge in [0.05, 0.1) is 6.61 Å². The molecule has 1 fully saturated rings. The van der Waals surface area contributed by atoms with Crippen molar-refractivity contribution < 1.29 is 13.5 Å². The molecule has 1 heterocycles. The largest absolute Gasteiger partial charge is 0.395 e. The molecule has 0 radical (unpaired) electrons. The van der Waals surface area contributed by atoms with Gasteiger partial charge in [-0.25, -0.2) is 0 Å². The van der Waals surface area contributed by atoms with E-state index in [0.717, 1.165) is 19.3 Å². The Morgan fingerprint density at radius 1 is 1.32 bits per heavy atom. The molecule has 0 amide bonds. The Balaban J connectivity index is 2.04. The Bertz CT molecular complexity index is 621. The Hall–Kier alpha value is -1.40. The number of benzene rings is 1. The normalized spacial score (nSPS) is 20.6. The Morgan fingerprint density at radius 3 is 2.68 bits per heavy atom. The number of hydrogen-bond acceptors (Lipinski definition) is 4. The van der Waals surface area contributed by atoms with Crippen LogP contribution in [0.15, 0.2) is 33.6 Å². The van der Waals surface area contributed by atoms with Gasteiger partial charge in [0.2, 0.25) is 0 Å². The summed E-state index contributed by atoms with van der Waals surface area (Å²) in [5.41, 5.74) is 0.655. The fraction of sp³-hybridized carbons (Fsp3) is 0.462. The van der Waals surface area contributed by atoms with E-state index in [0.29, 0.717) is 24.0 Å². The third-order valence-electron chi connectivity index (χ3n) is 3.74. The molecule has 1 saturated carbocycles. The summed E-state index contributed by atoms with van der Waals surface area (Å²) in [4.78, 5) is 2.21. The highest BCUT2D eigenvalue weighted by Gasteiger charge is 2.35. The van der Waals surface area contributed by atoms with Crippen molar-refractivity contribution in [1.82, 2.24) is 4.90 Å². The van der Waals surface area contributed by atoms with E-state index in [2.05, 4.69) is 4.40 Å². The fourth-order valence-electron chi connectivity index (χ4n) is 2.56. The molecular formula is C13H16N2O3S. The molecule has 0 aromatic heterocycles. The molecule has 1 N–H and O–H groups in total. The van der Waals surface area contributed by atoms with Crippen molar-refractivity contribution in [2.75, 3.05) is 13.2 Å². The first-order chi connectivity index (χ1) is 9.13. The smallest absolute Gasteiger partial charge is 0.285 e. The van der Waals surface area contributed by atoms with Crippen LogP contribution < -0.4 is 0 Å². The van der Waals surface area contributed by atoms with E-state index in [1.54, 1.807) is 18.2 Å². The highest BCUT2D eigenvalue weighted by Crippen LogP contribution is 2.32. The number of nitrogens with zero attached hydrogens (tertiary/aromatic N) is 2. The second-order valence-electron chi connectivity index (χ2n) is 4.89. The first kappa shape index (κ1) is 12.6. The molecule has 1 aromatic rings. The quantitative estimate of drug-likeness (QED) is 0.896. The third-order valence-corrected chi connectivity index (χ3v) is 5.07. The molecular weight excluding hydrogens is 264 g/mol. The Kier molecular flexibility index (Phi) is 3.06. The summed E-state index contributed by atoms with van der Waals surface area (Å²) in [7, 11) is -3.57. The first-order valence-electron chi connectivity index (χ1n) is 6.45. The highest BCUT2D eigenvalue weighted by molar-refractivity contribution is 7.90. The second kappa shape index (κ2) is 4.61. The van der Waals surface area contributed by atoms with Crippen LogP contribution in [0.4, 0.5) is 0 Å². The van der Waals surface area contributed by atoms with Gasteiger partial charge in [0.1, 0.15) is 4.90 Å². The van der Waals surface area contributed by atoms with Crippen molar-refractivity contribution in [1.29, 1.82) is 0 Å². The van der Waals surface area contributed by atoms with E-state index in [1.165, 1.54) is 0 Å². The molecule has 0 saturated heterocycles. The van der Waals surface area contributed by atoms with E-state index < -0.39 is 10.0 Å². The number of fused-ring (bicyclic) bond motifs is 1. The molecule has 102 valence electrons. The summed E-state index contributed by atoms with van der Waals surface area (Å²) in [6.45, 7) is 0.422. The molecule has 19 heavy (non-hydrogen) atoms. The minimum Gasteiger partial charge on any atom is -0.395 e. The Labute approximate surface area is 112 Å². The summed E-state index contributed by atoms with van der Waals surface area (Å²) in [5.74, 6) is 0.495. The average molecular weight is 280 g/mol. The number of amidine groups is 1. The maximum Gasteiger partial charge on any atom is 0.285 e. The molecule has 0 atom stereocenters. The van der Waals surface area contributed by atoms with Gasteiger partial charge in [-0.15, -0.1) is 4.40 Å². The zero-order valence-electron chi connectivity index (χ0n) is 10.5. The van der Waals surface area contributed by atoms with Crippen LogP contribution in [0, 0.1) is 0 Å². The second-order valence-corrected chi connectivity index (χ2v) is 6.46. The number of hydrogen-bond donors (Lipinski definition) is 1. The molecule has 1 aliphatic carbocycles. The van der Waals surface area contributed by atoms with Crippen molar-refractivity contribution >= 4 is 15.9 Å². The van der Waals surface area contributed by atoms with Gasteiger partial charge in [-0.1, -0.05) is 12.1 Å². The predicted molar refractivity (Wildman–Crippen MR) is 71.6 cm³/mol. The molecule has 1 aliphatic heterocycles. The van der Waals surface area contributed by atoms with Gasteiger partial charge in [0.25, 0.3) is 10.0 Å². The van der Waals surface area contributed by atoms with Crippen LogP contribution in [0.3, 0.4) is 0 Å². The van der Waals surface area contributed by atoms with E-state index in [4.69, 9.17) is 0 Å². The van der Waals surface area contributed by atoms with Crippen LogP contribution >= 0.6 is 0 Å². The maximum atomic E-state index is 12.0. The summed E-state index contributed by atoms with van der Waals surface area (Å²) in [6, 6.07) is 7.18. The van der Waals surface area contributed by atoms with Gasteiger partial charge < -0.3 is 10.0 Å². The van der Waals surface area contributed by atoms with E-state index >= 15 is 0 Å². The maximum absolute atomic E-state index is 12.0. The van der Waals surface area contributed by atoms with Gasteiger partial charge in [-0.2, -0.15) is 8.42 Å². The first-order valence-corrected chi connectivity index (χ1v) is 7.89. The van der Waals surface area contributed by atoms with Gasteiger partial charge in [-0.3, -0.25) is 0 Å². The van der Waals surface area contributed by atoms with Crippen LogP contribution in [-0.4, -0.2) is 43.5 Å². The van der Waals surface area contributed by atoms with E-state index in [9.17, 15) is 13.5 Å². The minimum atomic E-state index is -3.57. The lowest BCUT2D eigenvalue weighted by molar-refractivity contribution is 0.169. The van der Waals surface area contributed by atoms with Crippen molar-refractivity contribution in [2.45, 2.75) is 30.2 Å². The summed E-state index contributed by atoms with van der Waals surface area (Å²) >= 11 is 0. The van der Waals surface area contributed by atoms with Crippen molar-refractivity contribution in [3.05, 3.63) is 29.8 Å². The van der Waals surface area contributed by atoms with Crippen molar-refractivity contribution in [3.63, 3.8) is 0 Å². The third kappa shape index (κ3) is 2.04. The summed E-state index contributed by atoms with van der Waals surface area (Å²) in [6.07, 6.45) is 3.21. The number of aliphatic hydroxyl groups is 1. The standard InChI is InChI=1S/C13H16N2O3S/c16-9-8-15(10-4-3-5-10)13-11-6-1-2-7-12(11)19(17,18)14-13/h1-2,6-7,10,16H,3-5,8-9H2. The summed E-state index contributed by atoms with van der Waals surface area (Å²) in [5, 5.41) is 9.20. The van der Waals surface area contributed by atoms with Crippen LogP contribution in [0.1, 0.15) is 24.8 Å². The molecule has 1 aromatic carbocycles. The van der Waals surface area contributed by atoms with Crippen LogP contribution in [0.2, 0.25) is 0 Å². The van der Waals surface area contributed by atoms with Crippen molar-refractivity contribution in [2.24, 2.45) is 4.40 Å². The lowest BCUT2D eigenvalue weighted by atomic mass is 9.91. The Morgan fingerprint density at radius 2 is 2.05 bits per heavy atom. The van der Waals surface area contributed by atoms with Crippen molar-refractivity contribution in [3.8, 4) is 0 Å². The predicted octanol–water partition coefficient (Wildman–Crippen LogP) is 0.982. The van der Waals surface area contributed by atoms with Gasteiger partial charge in [0.15, 0.2) is 5.84 Å². The monoisotopic (exact) mass is 280 g/mol. The van der Waals surface area contributed by atoms with Gasteiger partial charge in [-0.05, 0) is 31.4 Å². The average Bonchev–Trinajstić information content (AvgIpc) is 2.60. The van der Waals surface area contributed by atoms with Crippen LogP contribution in [0.25, 0.3) is 0 Å². The highest BCUT2D eigenvalue weighted by atomic mass is 32.2. The van der Waals surface area contributed by atoms with Crippen LogP contribution in [-0.2, 0) is 10.0 Å². The molecule has 6 heteroatoms. The van der Waals surface area contributed by atoms with E-state index in [-0.39, 0.29) is 11.5 Å². The number of rotatable bonds is 3. The molecule has 2 aliphatic rings. The summed E-state index contributed by atoms with van der Waals surface area (Å²) < 4.78 is 28.0. The molecule has 0 bridgehead atoms. The van der Waals surface area contributed by atoms with Crippen LogP contribution in [0.5, 0.6) is 0 Å². The topological polar surface area (TPSA) is 70.0 Å². The van der Waals surface area contributed by atoms with Gasteiger partial charge in [0, 0.05) is 18.2 Å². The zero-order valence-corrected chi connectivity index (χ0v) is 11.3. The molecule has 3 rings (SSSR count).